The second-order valence-corrected chi connectivity index (χ2v) is 5.68. The van der Waals surface area contributed by atoms with Crippen molar-refractivity contribution in [3.05, 3.63) is 11.8 Å². The van der Waals surface area contributed by atoms with Gasteiger partial charge in [0.05, 0.1) is 18.9 Å². The Morgan fingerprint density at radius 2 is 2.33 bits per heavy atom. The quantitative estimate of drug-likeness (QED) is 0.678. The van der Waals surface area contributed by atoms with Crippen LogP contribution >= 0.6 is 0 Å². The van der Waals surface area contributed by atoms with E-state index in [9.17, 15) is 13.2 Å². The van der Waals surface area contributed by atoms with Crippen LogP contribution in [0.1, 0.15) is 17.3 Å². The largest absolute Gasteiger partial charge is 0.462 e. The summed E-state index contributed by atoms with van der Waals surface area (Å²) in [6.45, 7) is 1.80. The highest BCUT2D eigenvalue weighted by molar-refractivity contribution is 7.89. The monoisotopic (exact) mass is 275 g/mol. The van der Waals surface area contributed by atoms with Crippen LogP contribution in [0.4, 0.5) is 0 Å². The number of hydrogen-bond acceptors (Lipinski definition) is 6. The molecule has 0 saturated carbocycles. The van der Waals surface area contributed by atoms with E-state index in [0.29, 0.717) is 0 Å². The summed E-state index contributed by atoms with van der Waals surface area (Å²) in [5.41, 5.74) is -0.127. The van der Waals surface area contributed by atoms with Crippen molar-refractivity contribution in [2.24, 2.45) is 0 Å². The molecule has 0 bridgehead atoms. The van der Waals surface area contributed by atoms with E-state index in [4.69, 9.17) is 9.84 Å². The molecule has 0 unspecified atom stereocenters. The predicted octanol–water partition coefficient (Wildman–Crippen LogP) is -1.05. The zero-order valence-electron chi connectivity index (χ0n) is 9.66. The Bertz CT molecular complexity index is 546. The van der Waals surface area contributed by atoms with Crippen molar-refractivity contribution in [1.82, 2.24) is 14.5 Å². The number of sulfonamides is 1. The van der Waals surface area contributed by atoms with E-state index in [1.807, 2.05) is 0 Å². The highest BCUT2D eigenvalue weighted by atomic mass is 32.2. The van der Waals surface area contributed by atoms with Gasteiger partial charge in [0.1, 0.15) is 5.56 Å². The van der Waals surface area contributed by atoms with Crippen LogP contribution in [0.3, 0.4) is 0 Å². The lowest BCUT2D eigenvalue weighted by atomic mass is 10.2. The van der Waals surface area contributed by atoms with E-state index >= 15 is 0 Å². The minimum atomic E-state index is -3.83. The van der Waals surface area contributed by atoms with E-state index < -0.39 is 22.1 Å². The van der Waals surface area contributed by atoms with E-state index in [2.05, 4.69) is 10.2 Å². The summed E-state index contributed by atoms with van der Waals surface area (Å²) in [6.07, 6.45) is 0.454. The maximum Gasteiger partial charge on any atom is 0.342 e. The van der Waals surface area contributed by atoms with Crippen LogP contribution in [0.2, 0.25) is 0 Å². The van der Waals surface area contributed by atoms with Crippen molar-refractivity contribution in [2.75, 3.05) is 19.7 Å². The molecule has 2 rings (SSSR count). The summed E-state index contributed by atoms with van der Waals surface area (Å²) in [7, 11) is -3.83. The van der Waals surface area contributed by atoms with Gasteiger partial charge in [-0.25, -0.2) is 13.2 Å². The zero-order chi connectivity index (χ0) is 13.3. The Morgan fingerprint density at radius 1 is 1.67 bits per heavy atom. The molecule has 9 heteroatoms. The summed E-state index contributed by atoms with van der Waals surface area (Å²) >= 11 is 0. The Labute approximate surface area is 104 Å². The second-order valence-electron chi connectivity index (χ2n) is 3.81. The fraction of sp³-hybridized carbons (Fsp3) is 0.556. The van der Waals surface area contributed by atoms with Gasteiger partial charge in [-0.2, -0.15) is 9.40 Å². The van der Waals surface area contributed by atoms with Crippen molar-refractivity contribution in [1.29, 1.82) is 0 Å². The molecule has 1 aliphatic rings. The number of nitrogens with zero attached hydrogens (tertiary/aromatic N) is 2. The van der Waals surface area contributed by atoms with Crippen LogP contribution in [0.25, 0.3) is 0 Å². The third-order valence-electron chi connectivity index (χ3n) is 2.53. The first-order chi connectivity index (χ1) is 8.46. The van der Waals surface area contributed by atoms with E-state index in [-0.39, 0.29) is 30.3 Å². The van der Waals surface area contributed by atoms with Gasteiger partial charge in [0.15, 0.2) is 5.03 Å². The maximum atomic E-state index is 12.1. The summed E-state index contributed by atoms with van der Waals surface area (Å²) in [5, 5.41) is 14.7. The number of aliphatic hydroxyl groups excluding tert-OH is 1. The highest BCUT2D eigenvalue weighted by Crippen LogP contribution is 2.22. The number of carbonyl (C=O) groups excluding carboxylic acids is 1. The molecule has 2 heterocycles. The lowest BCUT2D eigenvalue weighted by Gasteiger charge is -2.34. The molecule has 0 radical (unpaired) electrons. The van der Waals surface area contributed by atoms with Crippen LogP contribution in [-0.2, 0) is 14.8 Å². The molecule has 0 aliphatic carbocycles. The molecule has 2 N–H and O–H groups in total. The molecule has 100 valence electrons. The normalized spacial score (nSPS) is 17.4. The van der Waals surface area contributed by atoms with E-state index in [1.165, 1.54) is 0 Å². The molecule has 18 heavy (non-hydrogen) atoms. The van der Waals surface area contributed by atoms with Crippen LogP contribution in [0.5, 0.6) is 0 Å². The molecule has 8 nitrogen and oxygen atoms in total. The number of ether oxygens (including phenoxy) is 1. The smallest absolute Gasteiger partial charge is 0.342 e. The first kappa shape index (κ1) is 13.0. The average Bonchev–Trinajstić information content (AvgIpc) is 2.74. The Morgan fingerprint density at radius 3 is 2.89 bits per heavy atom. The molecule has 1 aromatic rings. The fourth-order valence-corrected chi connectivity index (χ4v) is 3.14. The zero-order valence-corrected chi connectivity index (χ0v) is 10.5. The number of aliphatic hydroxyl groups is 1. The van der Waals surface area contributed by atoms with Crippen molar-refractivity contribution in [3.63, 3.8) is 0 Å². The number of rotatable bonds is 4. The topological polar surface area (TPSA) is 113 Å². The lowest BCUT2D eigenvalue weighted by molar-refractivity contribution is 0.0514. The number of aromatic nitrogens is 2. The van der Waals surface area contributed by atoms with Gasteiger partial charge in [-0.1, -0.05) is 0 Å². The Balaban J connectivity index is 2.29. The molecule has 0 spiro atoms. The van der Waals surface area contributed by atoms with Gasteiger partial charge in [-0.3, -0.25) is 5.10 Å². The van der Waals surface area contributed by atoms with Crippen LogP contribution in [0, 0.1) is 0 Å². The minimum absolute atomic E-state index is 0.0175. The van der Waals surface area contributed by atoms with Crippen molar-refractivity contribution >= 4 is 16.0 Å². The van der Waals surface area contributed by atoms with Gasteiger partial charge in [-0.15, -0.1) is 0 Å². The van der Waals surface area contributed by atoms with E-state index in [1.54, 1.807) is 6.92 Å². The maximum absolute atomic E-state index is 12.1. The van der Waals surface area contributed by atoms with Gasteiger partial charge in [-0.05, 0) is 6.92 Å². The molecule has 1 fully saturated rings. The molecule has 1 aliphatic heterocycles. The highest BCUT2D eigenvalue weighted by Gasteiger charge is 2.39. The molecule has 1 saturated heterocycles. The summed E-state index contributed by atoms with van der Waals surface area (Å²) < 4.78 is 30.0. The SMILES string of the molecule is CCOC(=O)c1cn[nH]c1S(=O)(=O)N1CC(O)C1. The molecule has 0 atom stereocenters. The molecular formula is C9H13N3O5S. The molecular weight excluding hydrogens is 262 g/mol. The van der Waals surface area contributed by atoms with Gasteiger partial charge in [0.2, 0.25) is 0 Å². The number of hydrogen-bond donors (Lipinski definition) is 2. The Kier molecular flexibility index (Phi) is 3.37. The standard InChI is InChI=1S/C9H13N3O5S/c1-2-17-9(14)7-3-10-11-8(7)18(15,16)12-4-6(13)5-12/h3,6,13H,2,4-5H2,1H3,(H,10,11). The third kappa shape index (κ3) is 2.11. The first-order valence-corrected chi connectivity index (χ1v) is 6.79. The van der Waals surface area contributed by atoms with Crippen molar-refractivity contribution < 1.29 is 23.1 Å². The lowest BCUT2D eigenvalue weighted by Crippen LogP contribution is -2.53. The van der Waals surface area contributed by atoms with Gasteiger partial charge in [0.25, 0.3) is 10.0 Å². The molecule has 0 amide bonds. The minimum Gasteiger partial charge on any atom is -0.462 e. The van der Waals surface area contributed by atoms with E-state index in [0.717, 1.165) is 10.5 Å². The van der Waals surface area contributed by atoms with Gasteiger partial charge < -0.3 is 9.84 Å². The summed E-state index contributed by atoms with van der Waals surface area (Å²) in [4.78, 5) is 11.6. The van der Waals surface area contributed by atoms with Crippen molar-refractivity contribution in [3.8, 4) is 0 Å². The van der Waals surface area contributed by atoms with Gasteiger partial charge in [0, 0.05) is 13.1 Å². The number of carbonyl (C=O) groups is 1. The molecule has 1 aromatic heterocycles. The number of H-pyrrole nitrogens is 1. The fourth-order valence-electron chi connectivity index (χ4n) is 1.57. The number of aromatic amines is 1. The average molecular weight is 275 g/mol. The third-order valence-corrected chi connectivity index (χ3v) is 4.33. The number of β-amino-alcohol motifs (C(OH)–C–C–N with tert-alkyl or cyclic N) is 1. The summed E-state index contributed by atoms with van der Waals surface area (Å²) in [5.74, 6) is -0.745. The predicted molar refractivity (Wildman–Crippen MR) is 59.3 cm³/mol. The summed E-state index contributed by atoms with van der Waals surface area (Å²) in [6, 6.07) is 0. The van der Waals surface area contributed by atoms with Crippen LogP contribution in [-0.4, -0.2) is 59.8 Å². The number of nitrogens with one attached hydrogen (secondary N) is 1. The van der Waals surface area contributed by atoms with Crippen molar-refractivity contribution in [2.45, 2.75) is 18.1 Å². The van der Waals surface area contributed by atoms with Gasteiger partial charge >= 0.3 is 5.97 Å². The Hall–Kier alpha value is -1.45. The first-order valence-electron chi connectivity index (χ1n) is 5.35. The van der Waals surface area contributed by atoms with Crippen LogP contribution in [0.15, 0.2) is 11.2 Å². The molecule has 0 aromatic carbocycles. The number of esters is 1. The van der Waals surface area contributed by atoms with Crippen LogP contribution < -0.4 is 0 Å². The second kappa shape index (κ2) is 4.67.